The van der Waals surface area contributed by atoms with E-state index in [0.717, 1.165) is 0 Å². The summed E-state index contributed by atoms with van der Waals surface area (Å²) in [7, 11) is 0. The highest BCUT2D eigenvalue weighted by Gasteiger charge is 2.25. The van der Waals surface area contributed by atoms with Crippen molar-refractivity contribution in [1.29, 1.82) is 0 Å². The van der Waals surface area contributed by atoms with E-state index >= 15 is 0 Å². The first-order valence-electron chi connectivity index (χ1n) is 4.55. The van der Waals surface area contributed by atoms with Gasteiger partial charge in [0.25, 0.3) is 0 Å². The molecule has 1 heterocycles. The summed E-state index contributed by atoms with van der Waals surface area (Å²) < 4.78 is 1.57. The highest BCUT2D eigenvalue weighted by Crippen LogP contribution is 2.27. The number of nitrogens with zero attached hydrogens (tertiary/aromatic N) is 2. The number of ketones is 1. The van der Waals surface area contributed by atoms with Gasteiger partial charge in [0.15, 0.2) is 11.5 Å². The highest BCUT2D eigenvalue weighted by molar-refractivity contribution is 5.95. The molecule has 0 spiro atoms. The van der Waals surface area contributed by atoms with E-state index in [1.165, 1.54) is 6.92 Å². The van der Waals surface area contributed by atoms with Gasteiger partial charge in [0.05, 0.1) is 5.54 Å². The summed E-state index contributed by atoms with van der Waals surface area (Å²) in [6.07, 6.45) is 0. The lowest BCUT2D eigenvalue weighted by Crippen LogP contribution is -2.26. The van der Waals surface area contributed by atoms with Crippen LogP contribution in [0.3, 0.4) is 0 Å². The topological polar surface area (TPSA) is 55.1 Å². The van der Waals surface area contributed by atoms with Crippen LogP contribution < -0.4 is 0 Å². The molecule has 4 heteroatoms. The Morgan fingerprint density at radius 1 is 1.43 bits per heavy atom. The van der Waals surface area contributed by atoms with E-state index in [9.17, 15) is 9.90 Å². The molecule has 1 N–H and O–H groups in total. The molecule has 0 aliphatic carbocycles. The van der Waals surface area contributed by atoms with E-state index in [1.54, 1.807) is 11.6 Å². The van der Waals surface area contributed by atoms with Gasteiger partial charge < -0.3 is 5.11 Å². The summed E-state index contributed by atoms with van der Waals surface area (Å²) in [5, 5.41) is 13.8. The van der Waals surface area contributed by atoms with E-state index in [-0.39, 0.29) is 22.8 Å². The average molecular weight is 196 g/mol. The lowest BCUT2D eigenvalue weighted by molar-refractivity contribution is 0.0993. The molecule has 0 saturated carbocycles. The maximum Gasteiger partial charge on any atom is 0.181 e. The van der Waals surface area contributed by atoms with Crippen molar-refractivity contribution in [2.24, 2.45) is 0 Å². The minimum Gasteiger partial charge on any atom is -0.504 e. The molecule has 0 unspecified atom stereocenters. The normalized spacial score (nSPS) is 11.8. The van der Waals surface area contributed by atoms with Crippen molar-refractivity contribution < 1.29 is 9.90 Å². The van der Waals surface area contributed by atoms with Crippen molar-refractivity contribution in [3.8, 4) is 5.75 Å². The Labute approximate surface area is 83.5 Å². The van der Waals surface area contributed by atoms with Crippen molar-refractivity contribution >= 4 is 5.78 Å². The third-order valence-electron chi connectivity index (χ3n) is 2.00. The van der Waals surface area contributed by atoms with Crippen molar-refractivity contribution in [1.82, 2.24) is 9.78 Å². The summed E-state index contributed by atoms with van der Waals surface area (Å²) in [6, 6.07) is 0. The fraction of sp³-hybridized carbons (Fsp3) is 0.600. The first-order valence-corrected chi connectivity index (χ1v) is 4.55. The molecule has 4 nitrogen and oxygen atoms in total. The second-order valence-electron chi connectivity index (χ2n) is 4.42. The van der Waals surface area contributed by atoms with Gasteiger partial charge in [0.2, 0.25) is 0 Å². The van der Waals surface area contributed by atoms with Crippen LogP contribution >= 0.6 is 0 Å². The molecule has 0 radical (unpaired) electrons. The number of hydrogen-bond donors (Lipinski definition) is 1. The smallest absolute Gasteiger partial charge is 0.181 e. The Morgan fingerprint density at radius 2 is 1.93 bits per heavy atom. The fourth-order valence-corrected chi connectivity index (χ4v) is 1.32. The minimum atomic E-state index is -0.299. The number of aromatic nitrogens is 2. The predicted molar refractivity (Wildman–Crippen MR) is 53.6 cm³/mol. The van der Waals surface area contributed by atoms with Crippen molar-refractivity contribution in [3.05, 3.63) is 11.4 Å². The van der Waals surface area contributed by atoms with E-state index in [1.807, 2.05) is 20.8 Å². The quantitative estimate of drug-likeness (QED) is 0.697. The molecule has 1 rings (SSSR count). The lowest BCUT2D eigenvalue weighted by Gasteiger charge is -2.21. The largest absolute Gasteiger partial charge is 0.504 e. The van der Waals surface area contributed by atoms with Gasteiger partial charge in [-0.1, -0.05) is 0 Å². The Morgan fingerprint density at radius 3 is 2.21 bits per heavy atom. The zero-order chi connectivity index (χ0) is 11.1. The molecule has 0 amide bonds. The second kappa shape index (κ2) is 3.12. The number of aromatic hydroxyl groups is 1. The van der Waals surface area contributed by atoms with Crippen LogP contribution in [-0.4, -0.2) is 20.7 Å². The molecule has 0 aromatic carbocycles. The number of carbonyl (C=O) groups is 1. The zero-order valence-corrected chi connectivity index (χ0v) is 9.25. The number of carbonyl (C=O) groups excluding carboxylic acids is 1. The molecule has 0 fully saturated rings. The maximum atomic E-state index is 11.3. The minimum absolute atomic E-state index is 0.00701. The standard InChI is InChI=1S/C10H16N2O2/c1-6-9(14)8(7(2)13)12(11-6)10(3,4)5/h14H,1-5H3. The van der Waals surface area contributed by atoms with Gasteiger partial charge >= 0.3 is 0 Å². The zero-order valence-electron chi connectivity index (χ0n) is 9.25. The van der Waals surface area contributed by atoms with Crippen LogP contribution in [0.4, 0.5) is 0 Å². The summed E-state index contributed by atoms with van der Waals surface area (Å²) in [5.41, 5.74) is 0.479. The van der Waals surface area contributed by atoms with Crippen LogP contribution in [0.2, 0.25) is 0 Å². The Bertz CT molecular complexity index is 372. The van der Waals surface area contributed by atoms with Gasteiger partial charge in [-0.2, -0.15) is 5.10 Å². The predicted octanol–water partition coefficient (Wildman–Crippen LogP) is 1.85. The molecular weight excluding hydrogens is 180 g/mol. The van der Waals surface area contributed by atoms with Crippen LogP contribution in [0.1, 0.15) is 43.9 Å². The Kier molecular flexibility index (Phi) is 2.39. The Balaban J connectivity index is 3.45. The molecule has 0 aliphatic rings. The van der Waals surface area contributed by atoms with Crippen molar-refractivity contribution in [2.75, 3.05) is 0 Å². The van der Waals surface area contributed by atoms with Gasteiger partial charge in [-0.15, -0.1) is 0 Å². The number of aryl methyl sites for hydroxylation is 1. The summed E-state index contributed by atoms with van der Waals surface area (Å²) in [5.74, 6) is -0.176. The van der Waals surface area contributed by atoms with E-state index < -0.39 is 0 Å². The third-order valence-corrected chi connectivity index (χ3v) is 2.00. The molecule has 0 bridgehead atoms. The SMILES string of the molecule is CC(=O)c1c(O)c(C)nn1C(C)(C)C. The van der Waals surface area contributed by atoms with Gasteiger partial charge in [-0.3, -0.25) is 9.48 Å². The fourth-order valence-electron chi connectivity index (χ4n) is 1.32. The monoisotopic (exact) mass is 196 g/mol. The van der Waals surface area contributed by atoms with E-state index in [0.29, 0.717) is 5.69 Å². The molecular formula is C10H16N2O2. The van der Waals surface area contributed by atoms with Crippen molar-refractivity contribution in [3.63, 3.8) is 0 Å². The van der Waals surface area contributed by atoms with Crippen LogP contribution in [-0.2, 0) is 5.54 Å². The van der Waals surface area contributed by atoms with Crippen LogP contribution in [0.5, 0.6) is 5.75 Å². The van der Waals surface area contributed by atoms with Gasteiger partial charge in [0, 0.05) is 6.92 Å². The van der Waals surface area contributed by atoms with Crippen LogP contribution in [0.15, 0.2) is 0 Å². The molecule has 0 saturated heterocycles. The second-order valence-corrected chi connectivity index (χ2v) is 4.42. The van der Waals surface area contributed by atoms with Crippen LogP contribution in [0, 0.1) is 6.92 Å². The molecule has 1 aromatic heterocycles. The van der Waals surface area contributed by atoms with E-state index in [2.05, 4.69) is 5.10 Å². The average Bonchev–Trinajstić information content (AvgIpc) is 2.27. The molecule has 78 valence electrons. The number of Topliss-reactive ketones (excluding diaryl/α,β-unsaturated/α-hetero) is 1. The molecule has 1 aromatic rings. The summed E-state index contributed by atoms with van der Waals surface area (Å²) in [6.45, 7) is 8.92. The van der Waals surface area contributed by atoms with Gasteiger partial charge in [-0.05, 0) is 27.7 Å². The summed E-state index contributed by atoms with van der Waals surface area (Å²) >= 11 is 0. The molecule has 14 heavy (non-hydrogen) atoms. The van der Waals surface area contributed by atoms with Gasteiger partial charge in [0.1, 0.15) is 11.4 Å². The van der Waals surface area contributed by atoms with Gasteiger partial charge in [-0.25, -0.2) is 0 Å². The lowest BCUT2D eigenvalue weighted by atomic mass is 10.1. The number of hydrogen-bond acceptors (Lipinski definition) is 3. The molecule has 0 atom stereocenters. The Hall–Kier alpha value is -1.32. The number of rotatable bonds is 1. The highest BCUT2D eigenvalue weighted by atomic mass is 16.3. The van der Waals surface area contributed by atoms with E-state index in [4.69, 9.17) is 0 Å². The third kappa shape index (κ3) is 1.64. The first-order chi connectivity index (χ1) is 6.25. The van der Waals surface area contributed by atoms with Crippen LogP contribution in [0.25, 0.3) is 0 Å². The first kappa shape index (κ1) is 10.8. The van der Waals surface area contributed by atoms with Crippen molar-refractivity contribution in [2.45, 2.75) is 40.2 Å². The summed E-state index contributed by atoms with van der Waals surface area (Å²) in [4.78, 5) is 11.3. The maximum absolute atomic E-state index is 11.3. The molecule has 0 aliphatic heterocycles.